The molecule has 4 nitrogen and oxygen atoms in total. The highest BCUT2D eigenvalue weighted by Crippen LogP contribution is 2.25. The zero-order valence-corrected chi connectivity index (χ0v) is 8.46. The zero-order valence-electron chi connectivity index (χ0n) is 8.46. The van der Waals surface area contributed by atoms with Gasteiger partial charge in [-0.3, -0.25) is 4.79 Å². The van der Waals surface area contributed by atoms with E-state index in [1.807, 2.05) is 13.8 Å². The average molecular weight is 184 g/mol. The molecule has 0 unspecified atom stereocenters. The van der Waals surface area contributed by atoms with Crippen LogP contribution in [0.2, 0.25) is 0 Å². The number of likely N-dealkylation sites (N-methyl/N-ethyl adjacent to an activating group) is 2. The Morgan fingerprint density at radius 2 is 2.08 bits per heavy atom. The van der Waals surface area contributed by atoms with E-state index >= 15 is 0 Å². The van der Waals surface area contributed by atoms with Crippen LogP contribution in [0.3, 0.4) is 0 Å². The van der Waals surface area contributed by atoms with Gasteiger partial charge in [0, 0.05) is 14.1 Å². The quantitative estimate of drug-likeness (QED) is 0.656. The molecule has 0 aliphatic carbocycles. The van der Waals surface area contributed by atoms with Crippen molar-refractivity contribution in [3.63, 3.8) is 0 Å². The molecule has 0 saturated heterocycles. The molecule has 13 heavy (non-hydrogen) atoms. The van der Waals surface area contributed by atoms with Gasteiger partial charge in [0.05, 0.1) is 6.04 Å². The molecule has 0 fully saturated rings. The first-order chi connectivity index (χ1) is 6.00. The molecule has 1 aliphatic rings. The van der Waals surface area contributed by atoms with E-state index in [4.69, 9.17) is 0 Å². The lowest BCUT2D eigenvalue weighted by Gasteiger charge is -2.23. The van der Waals surface area contributed by atoms with Gasteiger partial charge in [0.1, 0.15) is 11.5 Å². The molecule has 4 heteroatoms. The molecule has 0 radical (unpaired) electrons. The van der Waals surface area contributed by atoms with Crippen LogP contribution < -0.4 is 5.32 Å². The summed E-state index contributed by atoms with van der Waals surface area (Å²) in [5.74, 6) is 0.239. The highest BCUT2D eigenvalue weighted by molar-refractivity contribution is 5.96. The molecule has 0 aromatic carbocycles. The van der Waals surface area contributed by atoms with Crippen molar-refractivity contribution in [2.75, 3.05) is 14.1 Å². The van der Waals surface area contributed by atoms with Crippen LogP contribution in [0.1, 0.15) is 13.8 Å². The molecular formula is C9H16N2O2. The third-order valence-corrected chi connectivity index (χ3v) is 2.37. The van der Waals surface area contributed by atoms with E-state index in [0.29, 0.717) is 5.70 Å². The van der Waals surface area contributed by atoms with Gasteiger partial charge >= 0.3 is 0 Å². The SMILES string of the molecule is CNC1=C(O)[C@@H](C(C)C)N(C)C1=O. The first-order valence-electron chi connectivity index (χ1n) is 4.38. The van der Waals surface area contributed by atoms with Gasteiger partial charge in [-0.25, -0.2) is 0 Å². The van der Waals surface area contributed by atoms with Crippen LogP contribution >= 0.6 is 0 Å². The summed E-state index contributed by atoms with van der Waals surface area (Å²) >= 11 is 0. The number of nitrogens with one attached hydrogen (secondary N) is 1. The molecule has 0 spiro atoms. The smallest absolute Gasteiger partial charge is 0.273 e. The Balaban J connectivity index is 3.02. The van der Waals surface area contributed by atoms with Crippen LogP contribution in [0, 0.1) is 5.92 Å². The predicted molar refractivity (Wildman–Crippen MR) is 50.1 cm³/mol. The van der Waals surface area contributed by atoms with E-state index in [1.165, 1.54) is 0 Å². The van der Waals surface area contributed by atoms with E-state index in [0.717, 1.165) is 0 Å². The van der Waals surface area contributed by atoms with Crippen molar-refractivity contribution in [1.29, 1.82) is 0 Å². The van der Waals surface area contributed by atoms with Crippen molar-refractivity contribution in [2.45, 2.75) is 19.9 Å². The van der Waals surface area contributed by atoms with Crippen molar-refractivity contribution < 1.29 is 9.90 Å². The fourth-order valence-corrected chi connectivity index (χ4v) is 1.74. The van der Waals surface area contributed by atoms with Gasteiger partial charge in [-0.15, -0.1) is 0 Å². The molecule has 1 heterocycles. The Hall–Kier alpha value is -1.19. The van der Waals surface area contributed by atoms with E-state index < -0.39 is 0 Å². The number of carbonyl (C=O) groups excluding carboxylic acids is 1. The lowest BCUT2D eigenvalue weighted by Crippen LogP contribution is -2.36. The highest BCUT2D eigenvalue weighted by atomic mass is 16.3. The van der Waals surface area contributed by atoms with Crippen molar-refractivity contribution in [1.82, 2.24) is 10.2 Å². The minimum absolute atomic E-state index is 0.140. The van der Waals surface area contributed by atoms with Crippen molar-refractivity contribution in [3.05, 3.63) is 11.5 Å². The largest absolute Gasteiger partial charge is 0.508 e. The minimum Gasteiger partial charge on any atom is -0.508 e. The minimum atomic E-state index is -0.185. The summed E-state index contributed by atoms with van der Waals surface area (Å²) in [5.41, 5.74) is 0.321. The normalized spacial score (nSPS) is 23.3. The first kappa shape index (κ1) is 9.89. The number of hydrogen-bond acceptors (Lipinski definition) is 3. The lowest BCUT2D eigenvalue weighted by atomic mass is 10.0. The third kappa shape index (κ3) is 1.36. The summed E-state index contributed by atoms with van der Waals surface area (Å²) in [6, 6.07) is -0.185. The molecule has 1 atom stereocenters. The predicted octanol–water partition coefficient (Wildman–Crippen LogP) is 0.472. The second kappa shape index (κ2) is 3.28. The van der Waals surface area contributed by atoms with Crippen LogP contribution in [0.5, 0.6) is 0 Å². The number of carbonyl (C=O) groups is 1. The van der Waals surface area contributed by atoms with Gasteiger partial charge in [0.15, 0.2) is 0 Å². The van der Waals surface area contributed by atoms with Gasteiger partial charge in [-0.1, -0.05) is 13.8 Å². The highest BCUT2D eigenvalue weighted by Gasteiger charge is 2.38. The number of hydrogen-bond donors (Lipinski definition) is 2. The maximum Gasteiger partial charge on any atom is 0.273 e. The summed E-state index contributed by atoms with van der Waals surface area (Å²) in [7, 11) is 3.34. The number of aliphatic hydroxyl groups is 1. The Labute approximate surface area is 78.2 Å². The van der Waals surface area contributed by atoms with Crippen LogP contribution in [0.25, 0.3) is 0 Å². The van der Waals surface area contributed by atoms with Gasteiger partial charge in [-0.05, 0) is 5.92 Å². The molecule has 2 N–H and O–H groups in total. The Morgan fingerprint density at radius 1 is 1.54 bits per heavy atom. The molecule has 74 valence electrons. The van der Waals surface area contributed by atoms with Crippen molar-refractivity contribution in [2.24, 2.45) is 5.92 Å². The summed E-state index contributed by atoms with van der Waals surface area (Å²) in [4.78, 5) is 13.1. The Bertz CT molecular complexity index is 258. The first-order valence-corrected chi connectivity index (χ1v) is 4.38. The van der Waals surface area contributed by atoms with E-state index in [1.54, 1.807) is 19.0 Å². The zero-order chi connectivity index (χ0) is 10.2. The van der Waals surface area contributed by atoms with E-state index in [9.17, 15) is 9.90 Å². The molecule has 0 aromatic rings. The fourth-order valence-electron chi connectivity index (χ4n) is 1.74. The summed E-state index contributed by atoms with van der Waals surface area (Å²) in [6.07, 6.45) is 0. The van der Waals surface area contributed by atoms with E-state index in [2.05, 4.69) is 5.32 Å². The van der Waals surface area contributed by atoms with Gasteiger partial charge < -0.3 is 15.3 Å². The standard InChI is InChI=1S/C9H16N2O2/c1-5(2)7-8(12)6(10-3)9(13)11(7)4/h5,7,10,12H,1-4H3/t7-/m1/s1. The van der Waals surface area contributed by atoms with Crippen LogP contribution in [-0.2, 0) is 4.79 Å². The fraction of sp³-hybridized carbons (Fsp3) is 0.667. The molecule has 1 aliphatic heterocycles. The van der Waals surface area contributed by atoms with E-state index in [-0.39, 0.29) is 23.6 Å². The van der Waals surface area contributed by atoms with Crippen LogP contribution in [0.15, 0.2) is 11.5 Å². The lowest BCUT2D eigenvalue weighted by molar-refractivity contribution is -0.126. The average Bonchev–Trinajstić information content (AvgIpc) is 2.24. The second-order valence-corrected chi connectivity index (χ2v) is 3.62. The number of nitrogens with zero attached hydrogens (tertiary/aromatic N) is 1. The second-order valence-electron chi connectivity index (χ2n) is 3.62. The summed E-state index contributed by atoms with van der Waals surface area (Å²) in [6.45, 7) is 3.95. The third-order valence-electron chi connectivity index (χ3n) is 2.37. The van der Waals surface area contributed by atoms with Crippen molar-refractivity contribution >= 4 is 5.91 Å². The Kier molecular flexibility index (Phi) is 2.50. The van der Waals surface area contributed by atoms with Crippen LogP contribution in [0.4, 0.5) is 0 Å². The maximum atomic E-state index is 11.5. The Morgan fingerprint density at radius 3 is 2.31 bits per heavy atom. The number of amides is 1. The summed E-state index contributed by atoms with van der Waals surface area (Å²) in [5, 5.41) is 12.4. The van der Waals surface area contributed by atoms with Crippen molar-refractivity contribution in [3.8, 4) is 0 Å². The monoisotopic (exact) mass is 184 g/mol. The topological polar surface area (TPSA) is 52.6 Å². The summed E-state index contributed by atoms with van der Waals surface area (Å²) < 4.78 is 0. The molecule has 0 saturated carbocycles. The molecule has 0 aromatic heterocycles. The molecule has 0 bridgehead atoms. The maximum absolute atomic E-state index is 11.5. The van der Waals surface area contributed by atoms with Gasteiger partial charge in [-0.2, -0.15) is 0 Å². The molecule has 1 rings (SSSR count). The number of rotatable bonds is 2. The van der Waals surface area contributed by atoms with Gasteiger partial charge in [0.25, 0.3) is 5.91 Å². The molecular weight excluding hydrogens is 168 g/mol. The number of aliphatic hydroxyl groups excluding tert-OH is 1. The van der Waals surface area contributed by atoms with Crippen LogP contribution in [-0.4, -0.2) is 36.1 Å². The van der Waals surface area contributed by atoms with Gasteiger partial charge in [0.2, 0.25) is 0 Å². The molecule has 1 amide bonds.